The van der Waals surface area contributed by atoms with Crippen molar-refractivity contribution < 1.29 is 19.1 Å². The smallest absolute Gasteiger partial charge is 0.307 e. The van der Waals surface area contributed by atoms with Crippen LogP contribution in [0.1, 0.15) is 41.0 Å². The number of nitrogens with one attached hydrogen (secondary N) is 2. The fraction of sp³-hybridized carbons (Fsp3) is 0.812. The summed E-state index contributed by atoms with van der Waals surface area (Å²) >= 11 is 0. The van der Waals surface area contributed by atoms with Gasteiger partial charge in [-0.05, 0) is 26.7 Å². The number of ether oxygens (including phenoxy) is 1. The van der Waals surface area contributed by atoms with Crippen LogP contribution in [0.15, 0.2) is 0 Å². The molecule has 132 valence electrons. The van der Waals surface area contributed by atoms with E-state index in [9.17, 15) is 14.4 Å². The molecule has 1 aliphatic heterocycles. The maximum absolute atomic E-state index is 12.1. The van der Waals surface area contributed by atoms with E-state index in [4.69, 9.17) is 4.74 Å². The summed E-state index contributed by atoms with van der Waals surface area (Å²) in [7, 11) is 0. The molecule has 0 aliphatic carbocycles. The van der Waals surface area contributed by atoms with Crippen LogP contribution in [-0.4, -0.2) is 60.5 Å². The first-order valence-corrected chi connectivity index (χ1v) is 8.07. The zero-order valence-electron chi connectivity index (χ0n) is 14.8. The van der Waals surface area contributed by atoms with Crippen LogP contribution in [0.25, 0.3) is 0 Å². The minimum absolute atomic E-state index is 0.0403. The molecule has 0 radical (unpaired) electrons. The van der Waals surface area contributed by atoms with Crippen LogP contribution in [0, 0.1) is 5.92 Å². The molecule has 2 N–H and O–H groups in total. The lowest BCUT2D eigenvalue weighted by Crippen LogP contribution is -2.58. The van der Waals surface area contributed by atoms with Gasteiger partial charge >= 0.3 is 5.97 Å². The van der Waals surface area contributed by atoms with Crippen molar-refractivity contribution in [1.29, 1.82) is 0 Å². The molecular formula is C16H29N3O4. The Morgan fingerprint density at radius 2 is 2.04 bits per heavy atom. The topological polar surface area (TPSA) is 87.7 Å². The third-order valence-electron chi connectivity index (χ3n) is 3.24. The average Bonchev–Trinajstić information content (AvgIpc) is 2.38. The van der Waals surface area contributed by atoms with E-state index in [1.807, 2.05) is 34.6 Å². The lowest BCUT2D eigenvalue weighted by molar-refractivity contribution is -0.150. The third-order valence-corrected chi connectivity index (χ3v) is 3.24. The summed E-state index contributed by atoms with van der Waals surface area (Å²) in [4.78, 5) is 37.8. The molecule has 1 heterocycles. The second kappa shape index (κ2) is 8.29. The van der Waals surface area contributed by atoms with Crippen molar-refractivity contribution in [2.24, 2.45) is 5.92 Å². The van der Waals surface area contributed by atoms with Crippen molar-refractivity contribution in [3.8, 4) is 0 Å². The molecule has 1 saturated heterocycles. The number of rotatable bonds is 6. The van der Waals surface area contributed by atoms with Crippen molar-refractivity contribution in [3.63, 3.8) is 0 Å². The Bertz CT molecular complexity index is 443. The van der Waals surface area contributed by atoms with Gasteiger partial charge in [0.25, 0.3) is 0 Å². The van der Waals surface area contributed by atoms with Crippen molar-refractivity contribution in [2.45, 2.75) is 52.6 Å². The molecule has 1 atom stereocenters. The van der Waals surface area contributed by atoms with Gasteiger partial charge in [-0.2, -0.15) is 0 Å². The zero-order chi connectivity index (χ0) is 17.6. The lowest BCUT2D eigenvalue weighted by Gasteiger charge is -2.34. The van der Waals surface area contributed by atoms with Gasteiger partial charge < -0.3 is 15.4 Å². The third kappa shape index (κ3) is 7.45. The SMILES string of the molecule is CC(C)COC(=O)CC1C(=O)NCCN1CC(=O)NC(C)(C)C. The van der Waals surface area contributed by atoms with E-state index in [1.165, 1.54) is 0 Å². The highest BCUT2D eigenvalue weighted by Gasteiger charge is 2.33. The van der Waals surface area contributed by atoms with E-state index < -0.39 is 12.0 Å². The Morgan fingerprint density at radius 3 is 2.61 bits per heavy atom. The molecule has 1 fully saturated rings. The number of nitrogens with zero attached hydrogens (tertiary/aromatic N) is 1. The van der Waals surface area contributed by atoms with Crippen molar-refractivity contribution in [2.75, 3.05) is 26.2 Å². The second-order valence-electron chi connectivity index (χ2n) is 7.36. The summed E-state index contributed by atoms with van der Waals surface area (Å²) in [5, 5.41) is 5.60. The highest BCUT2D eigenvalue weighted by molar-refractivity contribution is 5.88. The van der Waals surface area contributed by atoms with Gasteiger partial charge in [-0.1, -0.05) is 13.8 Å². The molecule has 1 rings (SSSR count). The molecule has 1 unspecified atom stereocenters. The highest BCUT2D eigenvalue weighted by Crippen LogP contribution is 2.11. The Kier molecular flexibility index (Phi) is 7.00. The fourth-order valence-corrected chi connectivity index (χ4v) is 2.29. The van der Waals surface area contributed by atoms with E-state index in [0.29, 0.717) is 19.7 Å². The van der Waals surface area contributed by atoms with Gasteiger partial charge in [-0.15, -0.1) is 0 Å². The monoisotopic (exact) mass is 327 g/mol. The van der Waals surface area contributed by atoms with E-state index in [0.717, 1.165) is 0 Å². The summed E-state index contributed by atoms with van der Waals surface area (Å²) in [5.74, 6) is -0.566. The predicted octanol–water partition coefficient (Wildman–Crippen LogP) is 0.291. The molecule has 0 aromatic rings. The summed E-state index contributed by atoms with van der Waals surface area (Å²) in [6.07, 6.45) is -0.0403. The number of hydrogen-bond acceptors (Lipinski definition) is 5. The Hall–Kier alpha value is -1.63. The Labute approximate surface area is 138 Å². The first-order valence-electron chi connectivity index (χ1n) is 8.07. The quantitative estimate of drug-likeness (QED) is 0.685. The number of esters is 1. The number of carbonyl (C=O) groups excluding carboxylic acids is 3. The van der Waals surface area contributed by atoms with Crippen molar-refractivity contribution in [1.82, 2.24) is 15.5 Å². The number of carbonyl (C=O) groups is 3. The summed E-state index contributed by atoms with van der Waals surface area (Å²) < 4.78 is 5.14. The van der Waals surface area contributed by atoms with Gasteiger partial charge in [0.2, 0.25) is 11.8 Å². The minimum Gasteiger partial charge on any atom is -0.465 e. The highest BCUT2D eigenvalue weighted by atomic mass is 16.5. The Morgan fingerprint density at radius 1 is 1.39 bits per heavy atom. The second-order valence-corrected chi connectivity index (χ2v) is 7.36. The molecule has 7 heteroatoms. The van der Waals surface area contributed by atoms with Crippen LogP contribution < -0.4 is 10.6 Å². The van der Waals surface area contributed by atoms with Crippen LogP contribution in [0.4, 0.5) is 0 Å². The van der Waals surface area contributed by atoms with Gasteiger partial charge in [0.1, 0.15) is 6.04 Å². The predicted molar refractivity (Wildman–Crippen MR) is 86.7 cm³/mol. The van der Waals surface area contributed by atoms with Crippen LogP contribution in [0.5, 0.6) is 0 Å². The largest absolute Gasteiger partial charge is 0.465 e. The zero-order valence-corrected chi connectivity index (χ0v) is 14.8. The number of hydrogen-bond donors (Lipinski definition) is 2. The molecule has 7 nitrogen and oxygen atoms in total. The van der Waals surface area contributed by atoms with Gasteiger partial charge in [-0.25, -0.2) is 0 Å². The molecular weight excluding hydrogens is 298 g/mol. The molecule has 1 aliphatic rings. The summed E-state index contributed by atoms with van der Waals surface area (Å²) in [6.45, 7) is 11.0. The molecule has 2 amide bonds. The molecule has 0 aromatic carbocycles. The maximum atomic E-state index is 12.1. The van der Waals surface area contributed by atoms with Crippen LogP contribution in [0.3, 0.4) is 0 Å². The van der Waals surface area contributed by atoms with E-state index in [1.54, 1.807) is 4.90 Å². The normalized spacial score (nSPS) is 19.4. The maximum Gasteiger partial charge on any atom is 0.307 e. The van der Waals surface area contributed by atoms with Crippen LogP contribution in [-0.2, 0) is 19.1 Å². The van der Waals surface area contributed by atoms with Crippen LogP contribution in [0.2, 0.25) is 0 Å². The standard InChI is InChI=1S/C16H29N3O4/c1-11(2)10-23-14(21)8-12-15(22)17-6-7-19(12)9-13(20)18-16(3,4)5/h11-12H,6-10H2,1-5H3,(H,17,22)(H,18,20). The van der Waals surface area contributed by atoms with Crippen molar-refractivity contribution >= 4 is 17.8 Å². The number of amides is 2. The number of piperazine rings is 1. The summed E-state index contributed by atoms with van der Waals surface area (Å²) in [6, 6.07) is -0.658. The van der Waals surface area contributed by atoms with E-state index in [-0.39, 0.29) is 36.2 Å². The van der Waals surface area contributed by atoms with Crippen LogP contribution >= 0.6 is 0 Å². The molecule has 0 saturated carbocycles. The first-order chi connectivity index (χ1) is 10.6. The molecule has 0 aromatic heterocycles. The average molecular weight is 327 g/mol. The van der Waals surface area contributed by atoms with Gasteiger partial charge in [-0.3, -0.25) is 19.3 Å². The molecule has 23 heavy (non-hydrogen) atoms. The molecule has 0 spiro atoms. The molecule has 0 bridgehead atoms. The van der Waals surface area contributed by atoms with Crippen molar-refractivity contribution in [3.05, 3.63) is 0 Å². The van der Waals surface area contributed by atoms with E-state index >= 15 is 0 Å². The Balaban J connectivity index is 2.62. The fourth-order valence-electron chi connectivity index (χ4n) is 2.29. The van der Waals surface area contributed by atoms with E-state index in [2.05, 4.69) is 10.6 Å². The van der Waals surface area contributed by atoms with Gasteiger partial charge in [0.15, 0.2) is 0 Å². The summed E-state index contributed by atoms with van der Waals surface area (Å²) in [5.41, 5.74) is -0.333. The van der Waals surface area contributed by atoms with Gasteiger partial charge in [0, 0.05) is 18.6 Å². The minimum atomic E-state index is -0.658. The lowest BCUT2D eigenvalue weighted by atomic mass is 10.1. The van der Waals surface area contributed by atoms with Gasteiger partial charge in [0.05, 0.1) is 19.6 Å². The first kappa shape index (κ1) is 19.4.